The number of likely N-dealkylation sites (tertiary alicyclic amines) is 1. The van der Waals surface area contributed by atoms with Gasteiger partial charge in [0.25, 0.3) is 0 Å². The molecule has 1 aliphatic carbocycles. The number of alkyl halides is 1. The molecule has 36 heavy (non-hydrogen) atoms. The molecule has 2 spiro atoms. The highest BCUT2D eigenvalue weighted by atomic mass is 19.1. The van der Waals surface area contributed by atoms with Crippen LogP contribution in [-0.2, 0) is 4.79 Å². The number of carbonyl (C=O) groups excluding carboxylic acids is 1. The molecule has 5 atom stereocenters. The molecular formula is C27H50FN7O. The van der Waals surface area contributed by atoms with Gasteiger partial charge in [-0.3, -0.25) is 9.69 Å². The van der Waals surface area contributed by atoms with Crippen LogP contribution in [0.3, 0.4) is 0 Å². The minimum absolute atomic E-state index is 0.0335. The summed E-state index contributed by atoms with van der Waals surface area (Å²) in [7, 11) is 0. The second kappa shape index (κ2) is 11.5. The molecule has 0 radical (unpaired) electrons. The lowest BCUT2D eigenvalue weighted by atomic mass is 9.72. The standard InChI is InChI=1S/C27H50FN7O/c28-19-3-7-26(5-1-2-6-26)15-20(33-16-19)23(24(29)30)25(36)34-21-17-31-11-4-22(21)35-13-9-27(10-14-35)8-12-32-18-27/h19-24,31-33H,1-18,29-30H2,(H,34,36). The summed E-state index contributed by atoms with van der Waals surface area (Å²) in [6.07, 6.45) is 10.1. The van der Waals surface area contributed by atoms with E-state index in [1.807, 2.05) is 0 Å². The summed E-state index contributed by atoms with van der Waals surface area (Å²) in [5, 5.41) is 13.8. The molecule has 8 nitrogen and oxygen atoms in total. The second-order valence-corrected chi connectivity index (χ2v) is 12.8. The molecule has 0 aromatic heterocycles. The SMILES string of the molecule is NC(N)C(C(=O)NC1CNCCC1N1CCC2(CCNC2)CC1)C1CC2(CCCC2)CCC(F)CN1. The van der Waals surface area contributed by atoms with Gasteiger partial charge >= 0.3 is 0 Å². The number of halogens is 1. The first-order valence-corrected chi connectivity index (χ1v) is 14.7. The number of hydrogen-bond acceptors (Lipinski definition) is 7. The molecule has 8 N–H and O–H groups in total. The number of piperidine rings is 2. The zero-order valence-electron chi connectivity index (χ0n) is 22.1. The number of carbonyl (C=O) groups is 1. The second-order valence-electron chi connectivity index (χ2n) is 12.8. The quantitative estimate of drug-likeness (QED) is 0.305. The molecule has 5 rings (SSSR count). The van der Waals surface area contributed by atoms with Gasteiger partial charge in [-0.1, -0.05) is 12.8 Å². The van der Waals surface area contributed by atoms with E-state index in [1.165, 1.54) is 32.1 Å². The van der Waals surface area contributed by atoms with Crippen LogP contribution in [0.15, 0.2) is 0 Å². The highest BCUT2D eigenvalue weighted by Gasteiger charge is 2.45. The van der Waals surface area contributed by atoms with Crippen LogP contribution in [0.4, 0.5) is 4.39 Å². The van der Waals surface area contributed by atoms with Crippen LogP contribution >= 0.6 is 0 Å². The van der Waals surface area contributed by atoms with Crippen molar-refractivity contribution in [2.45, 2.75) is 101 Å². The highest BCUT2D eigenvalue weighted by molar-refractivity contribution is 5.80. The fourth-order valence-corrected chi connectivity index (χ4v) is 8.20. The first kappa shape index (κ1) is 26.8. The zero-order chi connectivity index (χ0) is 25.2. The third-order valence-corrected chi connectivity index (χ3v) is 10.5. The molecule has 206 valence electrons. The molecule has 9 heteroatoms. The normalized spacial score (nSPS) is 36.1. The van der Waals surface area contributed by atoms with Gasteiger partial charge in [-0.05, 0) is 94.8 Å². The van der Waals surface area contributed by atoms with Crippen LogP contribution in [-0.4, -0.2) is 87.1 Å². The Morgan fingerprint density at radius 3 is 2.42 bits per heavy atom. The lowest BCUT2D eigenvalue weighted by Gasteiger charge is -2.47. The highest BCUT2D eigenvalue weighted by Crippen LogP contribution is 2.47. The summed E-state index contributed by atoms with van der Waals surface area (Å²) in [4.78, 5) is 16.4. The molecule has 5 aliphatic rings. The van der Waals surface area contributed by atoms with Crippen molar-refractivity contribution in [2.24, 2.45) is 28.2 Å². The summed E-state index contributed by atoms with van der Waals surface area (Å²) < 4.78 is 14.6. The van der Waals surface area contributed by atoms with Crippen LogP contribution < -0.4 is 32.7 Å². The summed E-state index contributed by atoms with van der Waals surface area (Å²) in [5.74, 6) is -0.636. The van der Waals surface area contributed by atoms with Crippen LogP contribution in [0, 0.1) is 16.7 Å². The van der Waals surface area contributed by atoms with Gasteiger partial charge in [-0.2, -0.15) is 0 Å². The van der Waals surface area contributed by atoms with Crippen LogP contribution in [0.2, 0.25) is 0 Å². The van der Waals surface area contributed by atoms with Crippen molar-refractivity contribution < 1.29 is 9.18 Å². The number of hydrogen-bond donors (Lipinski definition) is 6. The lowest BCUT2D eigenvalue weighted by Crippen LogP contribution is -2.65. The fourth-order valence-electron chi connectivity index (χ4n) is 8.20. The predicted octanol–water partition coefficient (Wildman–Crippen LogP) is 0.809. The van der Waals surface area contributed by atoms with Gasteiger partial charge in [0.05, 0.1) is 18.1 Å². The first-order chi connectivity index (χ1) is 17.4. The van der Waals surface area contributed by atoms with Crippen molar-refractivity contribution in [1.29, 1.82) is 0 Å². The zero-order valence-corrected chi connectivity index (χ0v) is 22.1. The molecule has 4 saturated heterocycles. The summed E-state index contributed by atoms with van der Waals surface area (Å²) in [5.41, 5.74) is 13.2. The molecule has 1 saturated carbocycles. The molecule has 5 fully saturated rings. The van der Waals surface area contributed by atoms with Crippen molar-refractivity contribution >= 4 is 5.91 Å². The number of rotatable bonds is 5. The van der Waals surface area contributed by atoms with E-state index in [0.29, 0.717) is 17.9 Å². The molecule has 0 bridgehead atoms. The van der Waals surface area contributed by atoms with Crippen LogP contribution in [0.25, 0.3) is 0 Å². The summed E-state index contributed by atoms with van der Waals surface area (Å²) in [6.45, 7) is 6.51. The monoisotopic (exact) mass is 507 g/mol. The average Bonchev–Trinajstić information content (AvgIpc) is 3.52. The van der Waals surface area contributed by atoms with Crippen molar-refractivity contribution in [3.8, 4) is 0 Å². The topological polar surface area (TPSA) is 120 Å². The van der Waals surface area contributed by atoms with Gasteiger partial charge in [0.2, 0.25) is 5.91 Å². The van der Waals surface area contributed by atoms with Crippen molar-refractivity contribution in [1.82, 2.24) is 26.2 Å². The van der Waals surface area contributed by atoms with Crippen molar-refractivity contribution in [2.75, 3.05) is 45.8 Å². The van der Waals surface area contributed by atoms with Gasteiger partial charge in [-0.25, -0.2) is 4.39 Å². The van der Waals surface area contributed by atoms with E-state index in [0.717, 1.165) is 71.4 Å². The first-order valence-electron chi connectivity index (χ1n) is 14.7. The molecule has 5 unspecified atom stereocenters. The molecule has 1 amide bonds. The van der Waals surface area contributed by atoms with Gasteiger partial charge in [0.15, 0.2) is 0 Å². The maximum absolute atomic E-state index is 14.6. The fraction of sp³-hybridized carbons (Fsp3) is 0.963. The molecular weight excluding hydrogens is 457 g/mol. The van der Waals surface area contributed by atoms with Crippen LogP contribution in [0.5, 0.6) is 0 Å². The van der Waals surface area contributed by atoms with E-state index in [1.54, 1.807) is 0 Å². The number of nitrogens with zero attached hydrogens (tertiary/aromatic N) is 1. The lowest BCUT2D eigenvalue weighted by molar-refractivity contribution is -0.128. The summed E-state index contributed by atoms with van der Waals surface area (Å²) in [6, 6.07) is 0.172. The number of nitrogens with one attached hydrogen (secondary N) is 4. The largest absolute Gasteiger partial charge is 0.350 e. The Bertz CT molecular complexity index is 730. The van der Waals surface area contributed by atoms with E-state index in [2.05, 4.69) is 26.2 Å². The van der Waals surface area contributed by atoms with Gasteiger partial charge in [0, 0.05) is 31.7 Å². The molecule has 0 aromatic rings. The van der Waals surface area contributed by atoms with Gasteiger partial charge in [0.1, 0.15) is 6.17 Å². The van der Waals surface area contributed by atoms with Crippen LogP contribution in [0.1, 0.15) is 70.6 Å². The minimum Gasteiger partial charge on any atom is -0.350 e. The molecule has 4 heterocycles. The Labute approximate surface area is 216 Å². The van der Waals surface area contributed by atoms with Gasteiger partial charge < -0.3 is 32.7 Å². The predicted molar refractivity (Wildman–Crippen MR) is 141 cm³/mol. The number of amides is 1. The third-order valence-electron chi connectivity index (χ3n) is 10.5. The maximum atomic E-state index is 14.6. The smallest absolute Gasteiger partial charge is 0.227 e. The Kier molecular flexibility index (Phi) is 8.54. The molecule has 4 aliphatic heterocycles. The van der Waals surface area contributed by atoms with E-state index < -0.39 is 18.3 Å². The third kappa shape index (κ3) is 5.91. The van der Waals surface area contributed by atoms with E-state index in [-0.39, 0.29) is 30.0 Å². The number of nitrogens with two attached hydrogens (primary N) is 2. The van der Waals surface area contributed by atoms with E-state index in [9.17, 15) is 9.18 Å². The Morgan fingerprint density at radius 1 is 0.944 bits per heavy atom. The minimum atomic E-state index is -0.882. The van der Waals surface area contributed by atoms with Crippen molar-refractivity contribution in [3.63, 3.8) is 0 Å². The van der Waals surface area contributed by atoms with Gasteiger partial charge in [-0.15, -0.1) is 0 Å². The van der Waals surface area contributed by atoms with E-state index in [4.69, 9.17) is 11.5 Å². The Hall–Kier alpha value is -0.840. The maximum Gasteiger partial charge on any atom is 0.227 e. The Morgan fingerprint density at radius 2 is 1.72 bits per heavy atom. The molecule has 0 aromatic carbocycles. The van der Waals surface area contributed by atoms with E-state index >= 15 is 0 Å². The Balaban J connectivity index is 1.26. The summed E-state index contributed by atoms with van der Waals surface area (Å²) >= 11 is 0. The average molecular weight is 508 g/mol. The van der Waals surface area contributed by atoms with Crippen molar-refractivity contribution in [3.05, 3.63) is 0 Å².